The maximum absolute atomic E-state index is 13.4. The lowest BCUT2D eigenvalue weighted by atomic mass is 10.1. The number of allylic oxidation sites excluding steroid dienone is 5. The Bertz CT molecular complexity index is 1370. The van der Waals surface area contributed by atoms with Crippen molar-refractivity contribution >= 4 is 45.7 Å². The SMILES string of the molecule is C=C(/C=C\C=C/C)[C@@H]1C[C@H]1n1cnc2cccc(NC(=O)c3cc(Cl)c(O)c(Cl)n3)c2c1=O. The molecule has 2 atom stereocenters. The van der Waals surface area contributed by atoms with E-state index in [9.17, 15) is 14.7 Å². The molecule has 0 spiro atoms. The van der Waals surface area contributed by atoms with Crippen LogP contribution in [0.25, 0.3) is 10.9 Å². The third-order valence-electron chi connectivity index (χ3n) is 5.40. The molecule has 1 saturated carbocycles. The van der Waals surface area contributed by atoms with Crippen molar-refractivity contribution < 1.29 is 9.90 Å². The van der Waals surface area contributed by atoms with Crippen LogP contribution in [0.3, 0.4) is 0 Å². The molecule has 0 radical (unpaired) electrons. The van der Waals surface area contributed by atoms with Crippen LogP contribution in [0.2, 0.25) is 10.2 Å². The highest BCUT2D eigenvalue weighted by molar-refractivity contribution is 6.36. The Balaban J connectivity index is 1.65. The van der Waals surface area contributed by atoms with Gasteiger partial charge in [0.1, 0.15) is 5.69 Å². The molecule has 9 heteroatoms. The quantitative estimate of drug-likeness (QED) is 0.366. The summed E-state index contributed by atoms with van der Waals surface area (Å²) in [6.45, 7) is 6.04. The number of hydrogen-bond donors (Lipinski definition) is 2. The predicted molar refractivity (Wildman–Crippen MR) is 130 cm³/mol. The first-order valence-electron chi connectivity index (χ1n) is 10.2. The van der Waals surface area contributed by atoms with E-state index in [2.05, 4.69) is 21.9 Å². The molecule has 0 unspecified atom stereocenters. The number of nitrogens with zero attached hydrogens (tertiary/aromatic N) is 3. The van der Waals surface area contributed by atoms with Gasteiger partial charge >= 0.3 is 0 Å². The molecule has 168 valence electrons. The summed E-state index contributed by atoms with van der Waals surface area (Å²) in [5.41, 5.74) is 1.32. The molecule has 4 rings (SSSR count). The van der Waals surface area contributed by atoms with Gasteiger partial charge < -0.3 is 10.4 Å². The molecule has 7 nitrogen and oxygen atoms in total. The fourth-order valence-corrected chi connectivity index (χ4v) is 4.03. The van der Waals surface area contributed by atoms with E-state index in [0.717, 1.165) is 12.0 Å². The van der Waals surface area contributed by atoms with E-state index >= 15 is 0 Å². The third kappa shape index (κ3) is 4.55. The van der Waals surface area contributed by atoms with Crippen molar-refractivity contribution in [2.45, 2.75) is 19.4 Å². The average molecular weight is 483 g/mol. The average Bonchev–Trinajstić information content (AvgIpc) is 3.58. The molecule has 1 aliphatic carbocycles. The second-order valence-corrected chi connectivity index (χ2v) is 8.37. The summed E-state index contributed by atoms with van der Waals surface area (Å²) in [5, 5.41) is 12.2. The zero-order valence-electron chi connectivity index (χ0n) is 17.6. The van der Waals surface area contributed by atoms with Crippen molar-refractivity contribution in [2.75, 3.05) is 5.32 Å². The number of carbonyl (C=O) groups is 1. The molecular weight excluding hydrogens is 463 g/mol. The molecule has 2 N–H and O–H groups in total. The Morgan fingerprint density at radius 1 is 1.33 bits per heavy atom. The molecule has 33 heavy (non-hydrogen) atoms. The van der Waals surface area contributed by atoms with Gasteiger partial charge in [0.2, 0.25) is 0 Å². The summed E-state index contributed by atoms with van der Waals surface area (Å²) in [7, 11) is 0. The van der Waals surface area contributed by atoms with Gasteiger partial charge in [-0.15, -0.1) is 0 Å². The Labute approximate surface area is 199 Å². The van der Waals surface area contributed by atoms with Gasteiger partial charge in [-0.1, -0.05) is 60.2 Å². The molecule has 1 aromatic carbocycles. The number of nitrogens with one attached hydrogen (secondary N) is 1. The minimum atomic E-state index is -0.632. The van der Waals surface area contributed by atoms with Crippen molar-refractivity contribution in [1.82, 2.24) is 14.5 Å². The van der Waals surface area contributed by atoms with Gasteiger partial charge in [-0.3, -0.25) is 14.2 Å². The first-order chi connectivity index (χ1) is 15.8. The smallest absolute Gasteiger partial charge is 0.274 e. The monoisotopic (exact) mass is 482 g/mol. The molecule has 1 aliphatic rings. The van der Waals surface area contributed by atoms with Crippen molar-refractivity contribution in [3.8, 4) is 5.75 Å². The first kappa shape index (κ1) is 22.8. The Kier molecular flexibility index (Phi) is 6.35. The number of rotatable bonds is 6. The van der Waals surface area contributed by atoms with Gasteiger partial charge in [-0.25, -0.2) is 9.97 Å². The van der Waals surface area contributed by atoms with E-state index < -0.39 is 11.7 Å². The minimum absolute atomic E-state index is 0.0442. The normalized spacial score (nSPS) is 17.7. The van der Waals surface area contributed by atoms with Crippen LogP contribution in [-0.4, -0.2) is 25.5 Å². The lowest BCUT2D eigenvalue weighted by Gasteiger charge is -2.11. The number of benzene rings is 1. The van der Waals surface area contributed by atoms with E-state index in [1.165, 1.54) is 12.4 Å². The van der Waals surface area contributed by atoms with E-state index in [4.69, 9.17) is 23.2 Å². The number of carbonyl (C=O) groups excluding carboxylic acids is 1. The number of hydrogen-bond acceptors (Lipinski definition) is 5. The van der Waals surface area contributed by atoms with Crippen LogP contribution in [-0.2, 0) is 0 Å². The van der Waals surface area contributed by atoms with Gasteiger partial charge in [-0.2, -0.15) is 0 Å². The predicted octanol–water partition coefficient (Wildman–Crippen LogP) is 5.31. The Hall–Kier alpha value is -3.42. The highest BCUT2D eigenvalue weighted by atomic mass is 35.5. The van der Waals surface area contributed by atoms with Crippen molar-refractivity contribution in [3.05, 3.63) is 93.3 Å². The second-order valence-electron chi connectivity index (χ2n) is 7.61. The van der Waals surface area contributed by atoms with Crippen LogP contribution in [0, 0.1) is 5.92 Å². The lowest BCUT2D eigenvalue weighted by Crippen LogP contribution is -2.23. The van der Waals surface area contributed by atoms with Crippen molar-refractivity contribution in [2.24, 2.45) is 5.92 Å². The largest absolute Gasteiger partial charge is 0.504 e. The highest BCUT2D eigenvalue weighted by Crippen LogP contribution is 2.47. The van der Waals surface area contributed by atoms with Gasteiger partial charge in [0.25, 0.3) is 11.5 Å². The van der Waals surface area contributed by atoms with Crippen molar-refractivity contribution in [3.63, 3.8) is 0 Å². The molecule has 2 aromatic heterocycles. The molecule has 2 heterocycles. The lowest BCUT2D eigenvalue weighted by molar-refractivity contribution is 0.102. The van der Waals surface area contributed by atoms with Crippen LogP contribution in [0.4, 0.5) is 5.69 Å². The maximum atomic E-state index is 13.4. The van der Waals surface area contributed by atoms with Gasteiger partial charge in [0.05, 0.1) is 27.9 Å². The zero-order valence-corrected chi connectivity index (χ0v) is 19.1. The van der Waals surface area contributed by atoms with E-state index in [-0.39, 0.29) is 44.5 Å². The number of anilines is 1. The summed E-state index contributed by atoms with van der Waals surface area (Å²) < 4.78 is 1.59. The third-order valence-corrected chi connectivity index (χ3v) is 5.95. The second kappa shape index (κ2) is 9.21. The zero-order chi connectivity index (χ0) is 23.7. The van der Waals surface area contributed by atoms with Crippen LogP contribution in [0.5, 0.6) is 5.75 Å². The number of fused-ring (bicyclic) bond motifs is 1. The van der Waals surface area contributed by atoms with Crippen LogP contribution in [0.1, 0.15) is 29.9 Å². The van der Waals surface area contributed by atoms with E-state index in [0.29, 0.717) is 5.52 Å². The Morgan fingerprint density at radius 2 is 2.12 bits per heavy atom. The van der Waals surface area contributed by atoms with Gasteiger partial charge in [-0.05, 0) is 37.1 Å². The molecule has 0 aliphatic heterocycles. The van der Waals surface area contributed by atoms with Crippen LogP contribution >= 0.6 is 23.2 Å². The molecule has 1 fully saturated rings. The van der Waals surface area contributed by atoms with Crippen LogP contribution < -0.4 is 10.9 Å². The van der Waals surface area contributed by atoms with Crippen molar-refractivity contribution in [1.29, 1.82) is 0 Å². The number of aromatic hydroxyl groups is 1. The summed E-state index contributed by atoms with van der Waals surface area (Å²) in [6.07, 6.45) is 10.0. The maximum Gasteiger partial charge on any atom is 0.274 e. The van der Waals surface area contributed by atoms with Gasteiger partial charge in [0, 0.05) is 12.0 Å². The highest BCUT2D eigenvalue weighted by Gasteiger charge is 2.40. The van der Waals surface area contributed by atoms with E-state index in [1.807, 2.05) is 31.2 Å². The summed E-state index contributed by atoms with van der Waals surface area (Å²) >= 11 is 11.7. The topological polar surface area (TPSA) is 97.1 Å². The molecule has 0 bridgehead atoms. The van der Waals surface area contributed by atoms with E-state index in [1.54, 1.807) is 22.8 Å². The summed E-state index contributed by atoms with van der Waals surface area (Å²) in [5.74, 6) is -0.892. The number of amides is 1. The standard InChI is InChI=1S/C24H20Cl2N4O3/c1-3-4-5-7-13(2)14-10-19(14)30-12-27-16-8-6-9-17(20(16)24(30)33)29-23(32)18-11-15(25)21(31)22(26)28-18/h3-9,11-12,14,19,31H,2,10H2,1H3,(H,29,32)/b4-3-,7-5-/t14-,19+/m0/s1. The van der Waals surface area contributed by atoms with Gasteiger partial charge in [0.15, 0.2) is 10.9 Å². The van der Waals surface area contributed by atoms with Crippen LogP contribution in [0.15, 0.2) is 71.8 Å². The number of pyridine rings is 1. The molecule has 0 saturated heterocycles. The fourth-order valence-electron chi connectivity index (χ4n) is 3.60. The summed E-state index contributed by atoms with van der Waals surface area (Å²) in [6, 6.07) is 6.15. The number of halogens is 2. The fraction of sp³-hybridized carbons (Fsp3) is 0.167. The minimum Gasteiger partial charge on any atom is -0.504 e. The molecule has 1 amide bonds. The molecular formula is C24H20Cl2N4O3. The molecule has 3 aromatic rings. The Morgan fingerprint density at radius 3 is 2.85 bits per heavy atom. The first-order valence-corrected chi connectivity index (χ1v) is 10.9. The summed E-state index contributed by atoms with van der Waals surface area (Å²) in [4.78, 5) is 34.4. The number of aromatic nitrogens is 3.